The first-order valence-electron chi connectivity index (χ1n) is 8.05. The first kappa shape index (κ1) is 17.3. The van der Waals surface area contributed by atoms with E-state index in [9.17, 15) is 14.7 Å². The summed E-state index contributed by atoms with van der Waals surface area (Å²) in [5.41, 5.74) is 0.877. The predicted molar refractivity (Wildman–Crippen MR) is 85.6 cm³/mol. The number of aliphatic hydroxyl groups is 1. The van der Waals surface area contributed by atoms with Crippen LogP contribution in [0.25, 0.3) is 0 Å². The van der Waals surface area contributed by atoms with Crippen LogP contribution >= 0.6 is 0 Å². The van der Waals surface area contributed by atoms with Gasteiger partial charge in [0, 0.05) is 6.04 Å². The van der Waals surface area contributed by atoms with E-state index >= 15 is 0 Å². The van der Waals surface area contributed by atoms with E-state index in [2.05, 4.69) is 10.6 Å². The molecule has 2 rings (SSSR count). The minimum atomic E-state index is -1.26. The van der Waals surface area contributed by atoms with Gasteiger partial charge in [-0.15, -0.1) is 0 Å². The van der Waals surface area contributed by atoms with Crippen molar-refractivity contribution in [3.05, 3.63) is 35.9 Å². The molecule has 0 bridgehead atoms. The molecule has 1 aliphatic carbocycles. The second kappa shape index (κ2) is 8.53. The second-order valence-electron chi connectivity index (χ2n) is 5.83. The third-order valence-electron chi connectivity index (χ3n) is 3.69. The fourth-order valence-corrected chi connectivity index (χ4v) is 2.23. The fourth-order valence-electron chi connectivity index (χ4n) is 2.23. The molecule has 0 heterocycles. The van der Waals surface area contributed by atoms with Crippen LogP contribution in [0.5, 0.6) is 0 Å². The Kier molecular flexibility index (Phi) is 6.40. The molecule has 1 unspecified atom stereocenters. The number of hydrogen-bond donors (Lipinski definition) is 3. The van der Waals surface area contributed by atoms with Crippen molar-refractivity contribution < 1.29 is 19.4 Å². The Bertz CT molecular complexity index is 517. The maximum absolute atomic E-state index is 11.9. The Morgan fingerprint density at radius 1 is 1.30 bits per heavy atom. The van der Waals surface area contributed by atoms with Crippen LogP contribution < -0.4 is 10.6 Å². The van der Waals surface area contributed by atoms with Crippen molar-refractivity contribution in [3.63, 3.8) is 0 Å². The van der Waals surface area contributed by atoms with Crippen molar-refractivity contribution in [1.82, 2.24) is 10.6 Å². The summed E-state index contributed by atoms with van der Waals surface area (Å²) in [7, 11) is 0. The highest BCUT2D eigenvalue weighted by Gasteiger charge is 2.31. The summed E-state index contributed by atoms with van der Waals surface area (Å²) >= 11 is 0. The van der Waals surface area contributed by atoms with E-state index in [4.69, 9.17) is 4.74 Å². The minimum Gasteiger partial charge on any atom is -0.445 e. The van der Waals surface area contributed by atoms with E-state index in [1.165, 1.54) is 0 Å². The number of nitrogens with one attached hydrogen (secondary N) is 2. The maximum atomic E-state index is 11.9. The van der Waals surface area contributed by atoms with Gasteiger partial charge in [0.15, 0.2) is 6.10 Å². The number of benzene rings is 1. The lowest BCUT2D eigenvalue weighted by Crippen LogP contribution is -2.51. The van der Waals surface area contributed by atoms with Crippen molar-refractivity contribution in [1.29, 1.82) is 0 Å². The number of ether oxygens (including phenoxy) is 1. The Labute approximate surface area is 136 Å². The highest BCUT2D eigenvalue weighted by molar-refractivity contribution is 5.82. The number of alkyl carbamates (subject to hydrolysis) is 1. The average molecular weight is 320 g/mol. The van der Waals surface area contributed by atoms with Crippen LogP contribution in [0.15, 0.2) is 30.3 Å². The van der Waals surface area contributed by atoms with Gasteiger partial charge < -0.3 is 20.5 Å². The van der Waals surface area contributed by atoms with Crippen molar-refractivity contribution in [2.24, 2.45) is 0 Å². The van der Waals surface area contributed by atoms with Crippen LogP contribution in [0.2, 0.25) is 0 Å². The molecular formula is C17H24N2O4. The van der Waals surface area contributed by atoms with Gasteiger partial charge in [0.25, 0.3) is 5.91 Å². The van der Waals surface area contributed by atoms with Crippen LogP contribution in [-0.4, -0.2) is 35.3 Å². The zero-order valence-corrected chi connectivity index (χ0v) is 13.3. The topological polar surface area (TPSA) is 87.7 Å². The van der Waals surface area contributed by atoms with Crippen molar-refractivity contribution >= 4 is 12.0 Å². The van der Waals surface area contributed by atoms with Crippen LogP contribution in [0.4, 0.5) is 4.79 Å². The van der Waals surface area contributed by atoms with E-state index < -0.39 is 24.1 Å². The first-order chi connectivity index (χ1) is 11.1. The van der Waals surface area contributed by atoms with Crippen molar-refractivity contribution in [2.75, 3.05) is 0 Å². The van der Waals surface area contributed by atoms with E-state index in [1.807, 2.05) is 37.3 Å². The number of carbonyl (C=O) groups is 2. The monoisotopic (exact) mass is 320 g/mol. The van der Waals surface area contributed by atoms with Gasteiger partial charge in [-0.1, -0.05) is 43.7 Å². The van der Waals surface area contributed by atoms with Crippen molar-refractivity contribution in [2.45, 2.75) is 57.4 Å². The quantitative estimate of drug-likeness (QED) is 0.680. The zero-order valence-electron chi connectivity index (χ0n) is 13.3. The highest BCUT2D eigenvalue weighted by atomic mass is 16.5. The third-order valence-corrected chi connectivity index (χ3v) is 3.69. The van der Waals surface area contributed by atoms with Gasteiger partial charge >= 0.3 is 6.09 Å². The summed E-state index contributed by atoms with van der Waals surface area (Å²) in [5.74, 6) is -0.436. The van der Waals surface area contributed by atoms with Gasteiger partial charge in [0.2, 0.25) is 0 Å². The minimum absolute atomic E-state index is 0.149. The smallest absolute Gasteiger partial charge is 0.407 e. The molecule has 0 aliphatic heterocycles. The molecule has 126 valence electrons. The third kappa shape index (κ3) is 5.90. The van der Waals surface area contributed by atoms with Gasteiger partial charge in [0.1, 0.15) is 6.61 Å². The Balaban J connectivity index is 1.81. The molecule has 23 heavy (non-hydrogen) atoms. The standard InChI is InChI=1S/C17H24N2O4/c1-2-6-14(15(20)16(21)18-13-9-10-13)19-17(22)23-11-12-7-4-3-5-8-12/h3-5,7-8,13-15,20H,2,6,9-11H2,1H3,(H,18,21)(H,19,22)/t14?,15-/m0/s1. The predicted octanol–water partition coefficient (Wildman–Crippen LogP) is 1.72. The number of carbonyl (C=O) groups excluding carboxylic acids is 2. The molecule has 1 aromatic rings. The maximum Gasteiger partial charge on any atom is 0.407 e. The van der Waals surface area contributed by atoms with Crippen LogP contribution in [0.1, 0.15) is 38.2 Å². The molecule has 0 spiro atoms. The molecule has 1 aromatic carbocycles. The number of amides is 2. The number of hydrogen-bond acceptors (Lipinski definition) is 4. The number of rotatable bonds is 8. The molecule has 3 N–H and O–H groups in total. The van der Waals surface area contributed by atoms with Gasteiger partial charge in [-0.05, 0) is 24.8 Å². The molecule has 6 heteroatoms. The van der Waals surface area contributed by atoms with E-state index in [0.29, 0.717) is 6.42 Å². The van der Waals surface area contributed by atoms with Gasteiger partial charge in [-0.25, -0.2) is 4.79 Å². The molecule has 0 saturated heterocycles. The summed E-state index contributed by atoms with van der Waals surface area (Å²) in [4.78, 5) is 23.8. The summed E-state index contributed by atoms with van der Waals surface area (Å²) in [6.45, 7) is 2.07. The molecule has 1 saturated carbocycles. The molecule has 0 radical (unpaired) electrons. The Hall–Kier alpha value is -2.08. The number of aliphatic hydroxyl groups excluding tert-OH is 1. The van der Waals surface area contributed by atoms with Crippen LogP contribution in [-0.2, 0) is 16.1 Å². The summed E-state index contributed by atoms with van der Waals surface area (Å²) in [5, 5.41) is 15.5. The molecule has 6 nitrogen and oxygen atoms in total. The van der Waals surface area contributed by atoms with Gasteiger partial charge in [0.05, 0.1) is 6.04 Å². The lowest BCUT2D eigenvalue weighted by molar-refractivity contribution is -0.130. The fraction of sp³-hybridized carbons (Fsp3) is 0.529. The molecule has 0 aromatic heterocycles. The van der Waals surface area contributed by atoms with Crippen LogP contribution in [0.3, 0.4) is 0 Å². The van der Waals surface area contributed by atoms with Crippen LogP contribution in [0, 0.1) is 0 Å². The van der Waals surface area contributed by atoms with Gasteiger partial charge in [-0.2, -0.15) is 0 Å². The molecular weight excluding hydrogens is 296 g/mol. The average Bonchev–Trinajstić information content (AvgIpc) is 3.36. The Morgan fingerprint density at radius 3 is 2.61 bits per heavy atom. The second-order valence-corrected chi connectivity index (χ2v) is 5.83. The zero-order chi connectivity index (χ0) is 16.7. The molecule has 1 aliphatic rings. The Morgan fingerprint density at radius 2 is 2.00 bits per heavy atom. The molecule has 2 atom stereocenters. The molecule has 2 amide bonds. The lowest BCUT2D eigenvalue weighted by Gasteiger charge is -2.23. The summed E-state index contributed by atoms with van der Waals surface area (Å²) in [6.07, 6.45) is 1.23. The lowest BCUT2D eigenvalue weighted by atomic mass is 10.1. The summed E-state index contributed by atoms with van der Waals surface area (Å²) < 4.78 is 5.14. The van der Waals surface area contributed by atoms with E-state index in [0.717, 1.165) is 24.8 Å². The molecule has 1 fully saturated rings. The highest BCUT2D eigenvalue weighted by Crippen LogP contribution is 2.19. The SMILES string of the molecule is CCCC(NC(=O)OCc1ccccc1)[C@H](O)C(=O)NC1CC1. The van der Waals surface area contributed by atoms with E-state index in [1.54, 1.807) is 0 Å². The largest absolute Gasteiger partial charge is 0.445 e. The first-order valence-corrected chi connectivity index (χ1v) is 8.05. The normalized spacial score (nSPS) is 16.3. The van der Waals surface area contributed by atoms with E-state index in [-0.39, 0.29) is 12.6 Å². The van der Waals surface area contributed by atoms with Gasteiger partial charge in [-0.3, -0.25) is 4.79 Å². The van der Waals surface area contributed by atoms with Crippen molar-refractivity contribution in [3.8, 4) is 0 Å². The summed E-state index contributed by atoms with van der Waals surface area (Å²) in [6, 6.07) is 8.84.